The van der Waals surface area contributed by atoms with Gasteiger partial charge in [-0.1, -0.05) is 0 Å². The van der Waals surface area contributed by atoms with Crippen LogP contribution in [0.3, 0.4) is 0 Å². The molecule has 0 heterocycles. The quantitative estimate of drug-likeness (QED) is 0.712. The van der Waals surface area contributed by atoms with Crippen LogP contribution >= 0.6 is 0 Å². The number of alkyl halides is 2. The highest BCUT2D eigenvalue weighted by Gasteiger charge is 2.03. The van der Waals surface area contributed by atoms with E-state index >= 15 is 0 Å². The maximum Gasteiger partial charge on any atom is 0.387 e. The number of benzene rings is 1. The Morgan fingerprint density at radius 2 is 2.27 bits per heavy atom. The highest BCUT2D eigenvalue weighted by molar-refractivity contribution is 5.30. The van der Waals surface area contributed by atoms with Crippen molar-refractivity contribution in [3.8, 4) is 11.5 Å². The summed E-state index contributed by atoms with van der Waals surface area (Å²) >= 11 is 0. The lowest BCUT2D eigenvalue weighted by atomic mass is 10.3. The topological polar surface area (TPSA) is 29.5 Å². The highest BCUT2D eigenvalue weighted by atomic mass is 19.3. The fourth-order valence-electron chi connectivity index (χ4n) is 0.610. The monoisotopic (exact) mass is 159 g/mol. The van der Waals surface area contributed by atoms with Crippen molar-refractivity contribution in [1.82, 2.24) is 0 Å². The molecule has 0 aromatic heterocycles. The van der Waals surface area contributed by atoms with Crippen molar-refractivity contribution in [3.05, 3.63) is 24.3 Å². The second-order valence-corrected chi connectivity index (χ2v) is 1.79. The van der Waals surface area contributed by atoms with E-state index in [4.69, 9.17) is 5.11 Å². The zero-order valence-electron chi connectivity index (χ0n) is 5.42. The summed E-state index contributed by atoms with van der Waals surface area (Å²) in [5.74, 6) is -0.292. The van der Waals surface area contributed by atoms with E-state index in [0.717, 1.165) is 6.07 Å². The summed E-state index contributed by atoms with van der Waals surface area (Å²) in [6.45, 7) is -2.86. The highest BCUT2D eigenvalue weighted by Crippen LogP contribution is 2.18. The van der Waals surface area contributed by atoms with Gasteiger partial charge in [0.2, 0.25) is 0 Å². The van der Waals surface area contributed by atoms with Gasteiger partial charge in [0.15, 0.2) is 0 Å². The lowest BCUT2D eigenvalue weighted by Crippen LogP contribution is -2.01. The van der Waals surface area contributed by atoms with Gasteiger partial charge >= 0.3 is 6.61 Å². The zero-order chi connectivity index (χ0) is 8.27. The van der Waals surface area contributed by atoms with E-state index in [1.807, 2.05) is 0 Å². The Bertz CT molecular complexity index is 238. The van der Waals surface area contributed by atoms with Crippen molar-refractivity contribution < 1.29 is 18.6 Å². The number of hydrogen-bond acceptors (Lipinski definition) is 2. The molecule has 1 radical (unpaired) electrons. The summed E-state index contributed by atoms with van der Waals surface area (Å²) in [4.78, 5) is 0. The van der Waals surface area contributed by atoms with Gasteiger partial charge in [0, 0.05) is 12.1 Å². The maximum absolute atomic E-state index is 11.5. The third-order valence-electron chi connectivity index (χ3n) is 0.983. The van der Waals surface area contributed by atoms with Crippen molar-refractivity contribution in [2.45, 2.75) is 6.61 Å². The van der Waals surface area contributed by atoms with E-state index in [0.29, 0.717) is 0 Å². The van der Waals surface area contributed by atoms with Gasteiger partial charge in [0.05, 0.1) is 0 Å². The molecule has 0 aliphatic rings. The Balaban J connectivity index is 2.71. The van der Waals surface area contributed by atoms with Gasteiger partial charge in [-0.2, -0.15) is 8.78 Å². The molecule has 1 aromatic carbocycles. The van der Waals surface area contributed by atoms with Crippen LogP contribution in [0.2, 0.25) is 0 Å². The third-order valence-corrected chi connectivity index (χ3v) is 0.983. The molecule has 0 fully saturated rings. The zero-order valence-corrected chi connectivity index (χ0v) is 5.42. The summed E-state index contributed by atoms with van der Waals surface area (Å²) in [5, 5.41) is 8.75. The Morgan fingerprint density at radius 3 is 2.82 bits per heavy atom. The molecule has 0 aliphatic carbocycles. The summed E-state index contributed by atoms with van der Waals surface area (Å²) in [5.41, 5.74) is 0. The number of phenols is 1. The summed E-state index contributed by atoms with van der Waals surface area (Å²) in [6, 6.07) is 6.02. The second kappa shape index (κ2) is 3.18. The van der Waals surface area contributed by atoms with Crippen LogP contribution in [0, 0.1) is 6.07 Å². The molecule has 0 unspecified atom stereocenters. The average molecular weight is 159 g/mol. The molecule has 0 spiro atoms. The molecule has 0 amide bonds. The van der Waals surface area contributed by atoms with Crippen molar-refractivity contribution in [2.75, 3.05) is 0 Å². The first-order chi connectivity index (χ1) is 5.18. The molecule has 1 N–H and O–H groups in total. The minimum atomic E-state index is -2.86. The molecule has 0 bridgehead atoms. The molecule has 11 heavy (non-hydrogen) atoms. The van der Waals surface area contributed by atoms with E-state index in [1.165, 1.54) is 12.1 Å². The SMILES string of the molecule is Oc1[c]ccc(OC(F)F)c1. The van der Waals surface area contributed by atoms with Crippen LogP contribution in [0.4, 0.5) is 8.78 Å². The van der Waals surface area contributed by atoms with Crippen LogP contribution in [-0.4, -0.2) is 11.7 Å². The van der Waals surface area contributed by atoms with Crippen molar-refractivity contribution in [1.29, 1.82) is 0 Å². The van der Waals surface area contributed by atoms with Gasteiger partial charge in [-0.05, 0) is 12.1 Å². The summed E-state index contributed by atoms with van der Waals surface area (Å²) < 4.78 is 27.1. The number of rotatable bonds is 2. The van der Waals surface area contributed by atoms with E-state index in [-0.39, 0.29) is 11.5 Å². The van der Waals surface area contributed by atoms with Crippen LogP contribution in [0.15, 0.2) is 18.2 Å². The van der Waals surface area contributed by atoms with Gasteiger partial charge in [0.25, 0.3) is 0 Å². The Kier molecular flexibility index (Phi) is 2.25. The predicted molar refractivity (Wildman–Crippen MR) is 33.6 cm³/mol. The Labute approximate surface area is 62.0 Å². The Hall–Kier alpha value is -1.32. The molecular weight excluding hydrogens is 154 g/mol. The second-order valence-electron chi connectivity index (χ2n) is 1.79. The van der Waals surface area contributed by atoms with Gasteiger partial charge in [-0.25, -0.2) is 0 Å². The van der Waals surface area contributed by atoms with Gasteiger partial charge in [-0.15, -0.1) is 0 Å². The fourth-order valence-corrected chi connectivity index (χ4v) is 0.610. The van der Waals surface area contributed by atoms with Crippen LogP contribution in [0.1, 0.15) is 0 Å². The molecule has 1 aromatic rings. The van der Waals surface area contributed by atoms with Crippen molar-refractivity contribution in [2.24, 2.45) is 0 Å². The lowest BCUT2D eigenvalue weighted by Gasteiger charge is -2.02. The van der Waals surface area contributed by atoms with Crippen LogP contribution in [-0.2, 0) is 0 Å². The van der Waals surface area contributed by atoms with Crippen LogP contribution in [0.25, 0.3) is 0 Å². The van der Waals surface area contributed by atoms with E-state index in [1.54, 1.807) is 0 Å². The smallest absolute Gasteiger partial charge is 0.387 e. The average Bonchev–Trinajstić information content (AvgIpc) is 1.85. The standard InChI is InChI=1S/C7H5F2O2/c8-7(9)11-6-3-1-2-5(10)4-6/h1,3-4,7,10H. The lowest BCUT2D eigenvalue weighted by molar-refractivity contribution is -0.0499. The molecule has 1 rings (SSSR count). The van der Waals surface area contributed by atoms with Gasteiger partial charge in [-0.3, -0.25) is 0 Å². The largest absolute Gasteiger partial charge is 0.507 e. The number of phenolic OH excluding ortho intramolecular Hbond substituents is 1. The number of ether oxygens (including phenoxy) is 1. The molecule has 0 aliphatic heterocycles. The normalized spacial score (nSPS) is 10.1. The van der Waals surface area contributed by atoms with Crippen LogP contribution < -0.4 is 4.74 Å². The minimum Gasteiger partial charge on any atom is -0.507 e. The Morgan fingerprint density at radius 1 is 1.55 bits per heavy atom. The maximum atomic E-state index is 11.5. The van der Waals surface area contributed by atoms with Crippen LogP contribution in [0.5, 0.6) is 11.5 Å². The molecule has 4 heteroatoms. The van der Waals surface area contributed by atoms with Crippen molar-refractivity contribution in [3.63, 3.8) is 0 Å². The fraction of sp³-hybridized carbons (Fsp3) is 0.143. The number of halogens is 2. The molecule has 0 saturated heterocycles. The number of aromatic hydroxyl groups is 1. The van der Waals surface area contributed by atoms with E-state index in [2.05, 4.69) is 10.8 Å². The molecule has 2 nitrogen and oxygen atoms in total. The van der Waals surface area contributed by atoms with Gasteiger partial charge in [0.1, 0.15) is 11.5 Å². The van der Waals surface area contributed by atoms with E-state index < -0.39 is 6.61 Å². The minimum absolute atomic E-state index is 0.0729. The first kappa shape index (κ1) is 7.78. The number of hydrogen-bond donors (Lipinski definition) is 1. The first-order valence-corrected chi connectivity index (χ1v) is 2.84. The van der Waals surface area contributed by atoms with Gasteiger partial charge < -0.3 is 9.84 Å². The third kappa shape index (κ3) is 2.41. The molecule has 59 valence electrons. The summed E-state index contributed by atoms with van der Waals surface area (Å²) in [7, 11) is 0. The summed E-state index contributed by atoms with van der Waals surface area (Å²) in [6.07, 6.45) is 0. The predicted octanol–water partition coefficient (Wildman–Crippen LogP) is 1.79. The molecule has 0 saturated carbocycles. The molecule has 0 atom stereocenters. The van der Waals surface area contributed by atoms with Crippen molar-refractivity contribution >= 4 is 0 Å². The first-order valence-electron chi connectivity index (χ1n) is 2.84. The molecular formula is C7H5F2O2. The van der Waals surface area contributed by atoms with E-state index in [9.17, 15) is 8.78 Å².